The minimum absolute atomic E-state index is 0. The molecule has 0 saturated carbocycles. The van der Waals surface area contributed by atoms with Crippen LogP contribution in [0.2, 0.25) is 0 Å². The summed E-state index contributed by atoms with van der Waals surface area (Å²) in [6.45, 7) is 5.34. The van der Waals surface area contributed by atoms with Gasteiger partial charge in [-0.25, -0.2) is 4.79 Å². The van der Waals surface area contributed by atoms with Crippen molar-refractivity contribution in [3.63, 3.8) is 0 Å². The second-order valence-electron chi connectivity index (χ2n) is 3.62. The lowest BCUT2D eigenvalue weighted by atomic mass is 10.3. The highest BCUT2D eigenvalue weighted by Crippen LogP contribution is 2.08. The Kier molecular flexibility index (Phi) is 7.53. The van der Waals surface area contributed by atoms with E-state index in [0.29, 0.717) is 4.48 Å². The van der Waals surface area contributed by atoms with E-state index in [2.05, 4.69) is 6.58 Å². The van der Waals surface area contributed by atoms with Crippen LogP contribution in [0, 0.1) is 0 Å². The van der Waals surface area contributed by atoms with Crippen LogP contribution in [0.3, 0.4) is 0 Å². The van der Waals surface area contributed by atoms with Crippen LogP contribution in [-0.4, -0.2) is 37.8 Å². The molecule has 1 unspecified atom stereocenters. The molecule has 0 radical (unpaired) electrons. The second-order valence-corrected chi connectivity index (χ2v) is 3.62. The summed E-state index contributed by atoms with van der Waals surface area (Å²) in [6, 6.07) is 0. The van der Waals surface area contributed by atoms with Crippen LogP contribution < -0.4 is 24.0 Å². The fraction of sp³-hybridized carbons (Fsp3) is 0.667. The fourth-order valence-corrected chi connectivity index (χ4v) is 0.971. The van der Waals surface area contributed by atoms with Gasteiger partial charge in [0.2, 0.25) is 6.23 Å². The molecule has 0 aliphatic carbocycles. The molecule has 0 aliphatic heterocycles. The third-order valence-electron chi connectivity index (χ3n) is 1.63. The van der Waals surface area contributed by atoms with Gasteiger partial charge >= 0.3 is 5.97 Å². The van der Waals surface area contributed by atoms with E-state index < -0.39 is 0 Å². The summed E-state index contributed by atoms with van der Waals surface area (Å²) in [5.74, 6) is -0.352. The van der Waals surface area contributed by atoms with E-state index in [9.17, 15) is 4.79 Å². The molecule has 3 nitrogen and oxygen atoms in total. The number of nitrogens with zero attached hydrogens (tertiary/aromatic N) is 1. The van der Waals surface area contributed by atoms with Crippen LogP contribution in [0.15, 0.2) is 12.7 Å². The van der Waals surface area contributed by atoms with Gasteiger partial charge in [-0.1, -0.05) is 13.5 Å². The van der Waals surface area contributed by atoms with E-state index in [4.69, 9.17) is 4.74 Å². The normalized spacial score (nSPS) is 12.6. The zero-order chi connectivity index (χ0) is 9.78. The van der Waals surface area contributed by atoms with Crippen molar-refractivity contribution in [1.82, 2.24) is 0 Å². The van der Waals surface area contributed by atoms with Crippen LogP contribution in [0.25, 0.3) is 0 Å². The monoisotopic (exact) mass is 299 g/mol. The van der Waals surface area contributed by atoms with E-state index in [0.717, 1.165) is 6.42 Å². The van der Waals surface area contributed by atoms with Gasteiger partial charge < -0.3 is 28.7 Å². The van der Waals surface area contributed by atoms with Crippen LogP contribution in [0.1, 0.15) is 13.3 Å². The summed E-state index contributed by atoms with van der Waals surface area (Å²) in [7, 11) is 5.97. The second kappa shape index (κ2) is 6.37. The maximum absolute atomic E-state index is 10.9. The number of hydrogen-bond acceptors (Lipinski definition) is 2. The number of rotatable bonds is 4. The van der Waals surface area contributed by atoms with Crippen molar-refractivity contribution in [3.05, 3.63) is 12.7 Å². The Bertz CT molecular complexity index is 175. The summed E-state index contributed by atoms with van der Waals surface area (Å²) in [5.41, 5.74) is 0. The van der Waals surface area contributed by atoms with Crippen LogP contribution >= 0.6 is 0 Å². The molecule has 0 N–H and O–H groups in total. The third kappa shape index (κ3) is 6.04. The van der Waals surface area contributed by atoms with E-state index in [-0.39, 0.29) is 36.2 Å². The molecule has 0 aliphatic rings. The Labute approximate surface area is 97.4 Å². The minimum Gasteiger partial charge on any atom is -1.00 e. The zero-order valence-corrected chi connectivity index (χ0v) is 10.9. The average molecular weight is 299 g/mol. The van der Waals surface area contributed by atoms with E-state index >= 15 is 0 Å². The molecule has 0 fully saturated rings. The van der Waals surface area contributed by atoms with Crippen molar-refractivity contribution >= 4 is 5.97 Å². The molecular formula is C9H18INO2. The van der Waals surface area contributed by atoms with Gasteiger partial charge in [-0.15, -0.1) is 0 Å². The number of esters is 1. The summed E-state index contributed by atoms with van der Waals surface area (Å²) >= 11 is 0. The van der Waals surface area contributed by atoms with E-state index in [1.54, 1.807) is 0 Å². The topological polar surface area (TPSA) is 26.3 Å². The van der Waals surface area contributed by atoms with Gasteiger partial charge in [0.15, 0.2) is 0 Å². The predicted octanol–water partition coefficient (Wildman–Crippen LogP) is -1.84. The molecule has 13 heavy (non-hydrogen) atoms. The molecule has 1 atom stereocenters. The quantitative estimate of drug-likeness (QED) is 0.201. The molecule has 0 aromatic rings. The number of hydrogen-bond donors (Lipinski definition) is 0. The number of quaternary nitrogens is 1. The van der Waals surface area contributed by atoms with Crippen LogP contribution in [0.4, 0.5) is 0 Å². The first kappa shape index (κ1) is 15.4. The average Bonchev–Trinajstić information content (AvgIpc) is 1.97. The number of carbonyl (C=O) groups is 1. The molecule has 0 aromatic heterocycles. The lowest BCUT2D eigenvalue weighted by Crippen LogP contribution is -3.00. The van der Waals surface area contributed by atoms with Crippen molar-refractivity contribution in [1.29, 1.82) is 0 Å². The maximum Gasteiger partial charge on any atom is 0.334 e. The largest absolute Gasteiger partial charge is 1.00 e. The van der Waals surface area contributed by atoms with Gasteiger partial charge in [0.1, 0.15) is 0 Å². The fourth-order valence-electron chi connectivity index (χ4n) is 0.971. The van der Waals surface area contributed by atoms with Gasteiger partial charge in [0.05, 0.1) is 21.1 Å². The van der Waals surface area contributed by atoms with Crippen LogP contribution in [-0.2, 0) is 9.53 Å². The van der Waals surface area contributed by atoms with Gasteiger partial charge in [-0.3, -0.25) is 4.48 Å². The Morgan fingerprint density at radius 1 is 1.54 bits per heavy atom. The standard InChI is InChI=1S/C9H18NO2.HI/c1-6-8(10(3,4)5)12-9(11)7-2;/h7-8H,2,6H2,1,3-5H3;1H/q+1;/p-1. The first-order valence-corrected chi connectivity index (χ1v) is 4.06. The summed E-state index contributed by atoms with van der Waals surface area (Å²) < 4.78 is 5.75. The van der Waals surface area contributed by atoms with E-state index in [1.807, 2.05) is 28.1 Å². The van der Waals surface area contributed by atoms with Gasteiger partial charge in [0, 0.05) is 12.5 Å². The van der Waals surface area contributed by atoms with Crippen molar-refractivity contribution in [2.75, 3.05) is 21.1 Å². The molecule has 0 saturated heterocycles. The Hall–Kier alpha value is -0.100. The lowest BCUT2D eigenvalue weighted by Gasteiger charge is -2.32. The van der Waals surface area contributed by atoms with Gasteiger partial charge in [0.25, 0.3) is 0 Å². The molecule has 0 heterocycles. The summed E-state index contributed by atoms with van der Waals surface area (Å²) in [6.07, 6.45) is 1.91. The van der Waals surface area contributed by atoms with Crippen molar-refractivity contribution < 1.29 is 38.0 Å². The maximum atomic E-state index is 10.9. The molecule has 78 valence electrons. The molecule has 0 aromatic carbocycles. The predicted molar refractivity (Wildman–Crippen MR) is 48.4 cm³/mol. The zero-order valence-electron chi connectivity index (χ0n) is 8.71. The summed E-state index contributed by atoms with van der Waals surface area (Å²) in [4.78, 5) is 10.9. The molecule has 0 spiro atoms. The molecule has 0 rings (SSSR count). The number of halogens is 1. The van der Waals surface area contributed by atoms with Gasteiger partial charge in [-0.05, 0) is 0 Å². The van der Waals surface area contributed by atoms with E-state index in [1.165, 1.54) is 6.08 Å². The third-order valence-corrected chi connectivity index (χ3v) is 1.63. The van der Waals surface area contributed by atoms with Crippen LogP contribution in [0.5, 0.6) is 0 Å². The van der Waals surface area contributed by atoms with Crippen molar-refractivity contribution in [2.45, 2.75) is 19.6 Å². The molecule has 4 heteroatoms. The highest BCUT2D eigenvalue weighted by Gasteiger charge is 2.24. The first-order valence-electron chi connectivity index (χ1n) is 4.06. The number of ether oxygens (including phenoxy) is 1. The Morgan fingerprint density at radius 2 is 2.00 bits per heavy atom. The van der Waals surface area contributed by atoms with Crippen molar-refractivity contribution in [2.24, 2.45) is 0 Å². The Balaban J connectivity index is 0. The minimum atomic E-state index is -0.352. The SMILES string of the molecule is C=CC(=O)OC(CC)[N+](C)(C)C.[I-]. The smallest absolute Gasteiger partial charge is 0.334 e. The van der Waals surface area contributed by atoms with Crippen molar-refractivity contribution in [3.8, 4) is 0 Å². The van der Waals surface area contributed by atoms with Gasteiger partial charge in [-0.2, -0.15) is 0 Å². The summed E-state index contributed by atoms with van der Waals surface area (Å²) in [5, 5.41) is 0. The Morgan fingerprint density at radius 3 is 2.23 bits per heavy atom. The lowest BCUT2D eigenvalue weighted by molar-refractivity contribution is -0.916. The number of carbonyl (C=O) groups excluding carboxylic acids is 1. The highest BCUT2D eigenvalue weighted by molar-refractivity contribution is 5.81. The molecular weight excluding hydrogens is 281 g/mol. The highest BCUT2D eigenvalue weighted by atomic mass is 127. The first-order chi connectivity index (χ1) is 5.41. The molecule has 0 bridgehead atoms. The molecule has 0 amide bonds.